The average molecular weight is 333 g/mol. The van der Waals surface area contributed by atoms with Crippen molar-refractivity contribution in [2.45, 2.75) is 12.8 Å². The Morgan fingerprint density at radius 3 is 2.72 bits per heavy atom. The maximum atomic E-state index is 12.5. The first-order valence-corrected chi connectivity index (χ1v) is 8.42. The summed E-state index contributed by atoms with van der Waals surface area (Å²) < 4.78 is 0. The normalized spacial score (nSPS) is 13.8. The molecule has 25 heavy (non-hydrogen) atoms. The Morgan fingerprint density at radius 2 is 2.00 bits per heavy atom. The molecule has 1 saturated heterocycles. The van der Waals surface area contributed by atoms with Crippen LogP contribution in [0, 0.1) is 0 Å². The number of nitrogens with zero attached hydrogens (tertiary/aromatic N) is 3. The number of benzene rings is 1. The Morgan fingerprint density at radius 1 is 1.12 bits per heavy atom. The topological polar surface area (TPSA) is 73.9 Å². The molecule has 0 spiro atoms. The summed E-state index contributed by atoms with van der Waals surface area (Å²) in [6.07, 6.45) is 7.52. The molecule has 4 rings (SSSR count). The minimum atomic E-state index is -0.169. The summed E-state index contributed by atoms with van der Waals surface area (Å²) >= 11 is 0. The minimum absolute atomic E-state index is 0.169. The van der Waals surface area contributed by atoms with E-state index in [1.807, 2.05) is 36.4 Å². The molecule has 0 bridgehead atoms. The maximum absolute atomic E-state index is 12.5. The number of anilines is 2. The number of nitrogens with one attached hydrogen (secondary N) is 2. The van der Waals surface area contributed by atoms with Gasteiger partial charge < -0.3 is 15.2 Å². The molecule has 1 fully saturated rings. The third kappa shape index (κ3) is 3.38. The molecule has 0 saturated carbocycles. The van der Waals surface area contributed by atoms with Gasteiger partial charge in [-0.2, -0.15) is 0 Å². The first kappa shape index (κ1) is 15.4. The monoisotopic (exact) mass is 333 g/mol. The number of rotatable bonds is 4. The van der Waals surface area contributed by atoms with Gasteiger partial charge in [0.25, 0.3) is 5.91 Å². The van der Waals surface area contributed by atoms with Gasteiger partial charge in [-0.1, -0.05) is 12.1 Å². The highest BCUT2D eigenvalue weighted by Gasteiger charge is 2.14. The van der Waals surface area contributed by atoms with Crippen molar-refractivity contribution in [2.24, 2.45) is 0 Å². The highest BCUT2D eigenvalue weighted by Crippen LogP contribution is 2.21. The van der Waals surface area contributed by atoms with Crippen molar-refractivity contribution in [1.29, 1.82) is 0 Å². The van der Waals surface area contributed by atoms with Gasteiger partial charge in [-0.25, -0.2) is 9.97 Å². The third-order valence-corrected chi connectivity index (χ3v) is 4.33. The van der Waals surface area contributed by atoms with Crippen LogP contribution >= 0.6 is 0 Å². The van der Waals surface area contributed by atoms with Crippen LogP contribution in [0.5, 0.6) is 0 Å². The molecular formula is C19H19N5O. The predicted octanol–water partition coefficient (Wildman–Crippen LogP) is 3.32. The number of H-pyrrole nitrogens is 1. The Kier molecular flexibility index (Phi) is 4.16. The fourth-order valence-corrected chi connectivity index (χ4v) is 3.02. The van der Waals surface area contributed by atoms with Crippen molar-refractivity contribution in [2.75, 3.05) is 23.3 Å². The molecule has 2 N–H and O–H groups in total. The number of aromatic nitrogens is 3. The SMILES string of the molecule is O=C(Nc1cccc(-c2ncc[nH]2)c1)c1ccc(N2CCCC2)nc1. The number of pyridine rings is 1. The number of aromatic amines is 1. The van der Waals surface area contributed by atoms with Gasteiger partial charge in [0.15, 0.2) is 0 Å². The zero-order valence-corrected chi connectivity index (χ0v) is 13.8. The fraction of sp³-hybridized carbons (Fsp3) is 0.211. The lowest BCUT2D eigenvalue weighted by Gasteiger charge is -2.16. The van der Waals surface area contributed by atoms with Crippen LogP contribution in [0.2, 0.25) is 0 Å². The van der Waals surface area contributed by atoms with Gasteiger partial charge in [0.05, 0.1) is 5.56 Å². The summed E-state index contributed by atoms with van der Waals surface area (Å²) in [6.45, 7) is 2.08. The molecule has 3 aromatic rings. The van der Waals surface area contributed by atoms with Crippen molar-refractivity contribution in [3.05, 3.63) is 60.6 Å². The zero-order chi connectivity index (χ0) is 17.1. The molecule has 1 aliphatic rings. The number of carbonyl (C=O) groups is 1. The van der Waals surface area contributed by atoms with Crippen molar-refractivity contribution < 1.29 is 4.79 Å². The number of imidazole rings is 1. The van der Waals surface area contributed by atoms with Gasteiger partial charge in [0, 0.05) is 42.9 Å². The van der Waals surface area contributed by atoms with E-state index in [9.17, 15) is 4.79 Å². The van der Waals surface area contributed by atoms with Crippen LogP contribution in [0.1, 0.15) is 23.2 Å². The van der Waals surface area contributed by atoms with Gasteiger partial charge in [-0.3, -0.25) is 4.79 Å². The van der Waals surface area contributed by atoms with E-state index in [2.05, 4.69) is 25.2 Å². The summed E-state index contributed by atoms with van der Waals surface area (Å²) in [5.74, 6) is 1.54. The van der Waals surface area contributed by atoms with E-state index in [0.29, 0.717) is 5.56 Å². The summed E-state index contributed by atoms with van der Waals surface area (Å²) in [6, 6.07) is 11.3. The minimum Gasteiger partial charge on any atom is -0.357 e. The van der Waals surface area contributed by atoms with E-state index >= 15 is 0 Å². The molecule has 1 aliphatic heterocycles. The van der Waals surface area contributed by atoms with Crippen LogP contribution in [0.15, 0.2) is 55.0 Å². The summed E-state index contributed by atoms with van der Waals surface area (Å²) in [4.78, 5) is 26.4. The molecule has 0 aliphatic carbocycles. The van der Waals surface area contributed by atoms with E-state index in [1.54, 1.807) is 18.6 Å². The van der Waals surface area contributed by atoms with Crippen LogP contribution < -0.4 is 10.2 Å². The van der Waals surface area contributed by atoms with E-state index in [1.165, 1.54) is 12.8 Å². The number of hydrogen-bond acceptors (Lipinski definition) is 4. The lowest BCUT2D eigenvalue weighted by Crippen LogP contribution is -2.19. The predicted molar refractivity (Wildman–Crippen MR) is 97.7 cm³/mol. The second kappa shape index (κ2) is 6.76. The molecule has 0 unspecified atom stereocenters. The van der Waals surface area contributed by atoms with Gasteiger partial charge in [-0.15, -0.1) is 0 Å². The second-order valence-corrected chi connectivity index (χ2v) is 6.07. The Balaban J connectivity index is 1.47. The molecule has 126 valence electrons. The van der Waals surface area contributed by atoms with Gasteiger partial charge in [-0.05, 0) is 37.1 Å². The van der Waals surface area contributed by atoms with E-state index < -0.39 is 0 Å². The standard InChI is InChI=1S/C19H19N5O/c25-19(15-6-7-17(22-13-15)24-10-1-2-11-24)23-16-5-3-4-14(12-16)18-20-8-9-21-18/h3-9,12-13H,1-2,10-11H2,(H,20,21)(H,23,25). The Bertz CT molecular complexity index is 852. The van der Waals surface area contributed by atoms with E-state index in [4.69, 9.17) is 0 Å². The summed E-state index contributed by atoms with van der Waals surface area (Å²) in [5.41, 5.74) is 2.19. The van der Waals surface area contributed by atoms with Gasteiger partial charge >= 0.3 is 0 Å². The van der Waals surface area contributed by atoms with Crippen LogP contribution in [-0.2, 0) is 0 Å². The molecule has 0 atom stereocenters. The van der Waals surface area contributed by atoms with Gasteiger partial charge in [0.1, 0.15) is 11.6 Å². The zero-order valence-electron chi connectivity index (χ0n) is 13.8. The van der Waals surface area contributed by atoms with E-state index in [0.717, 1.165) is 36.0 Å². The highest BCUT2D eigenvalue weighted by atomic mass is 16.1. The molecule has 0 radical (unpaired) electrons. The van der Waals surface area contributed by atoms with Gasteiger partial charge in [0.2, 0.25) is 0 Å². The smallest absolute Gasteiger partial charge is 0.257 e. The fourth-order valence-electron chi connectivity index (χ4n) is 3.02. The third-order valence-electron chi connectivity index (χ3n) is 4.33. The first-order valence-electron chi connectivity index (χ1n) is 8.42. The highest BCUT2D eigenvalue weighted by molar-refractivity contribution is 6.04. The van der Waals surface area contributed by atoms with Crippen molar-refractivity contribution in [1.82, 2.24) is 15.0 Å². The average Bonchev–Trinajstić information content (AvgIpc) is 3.36. The lowest BCUT2D eigenvalue weighted by atomic mass is 10.2. The molecule has 1 aromatic carbocycles. The number of carbonyl (C=O) groups excluding carboxylic acids is 1. The quantitative estimate of drug-likeness (QED) is 0.768. The van der Waals surface area contributed by atoms with Crippen molar-refractivity contribution in [3.8, 4) is 11.4 Å². The maximum Gasteiger partial charge on any atom is 0.257 e. The molecule has 6 nitrogen and oxygen atoms in total. The number of hydrogen-bond donors (Lipinski definition) is 2. The molecule has 2 aromatic heterocycles. The lowest BCUT2D eigenvalue weighted by molar-refractivity contribution is 0.102. The molecule has 3 heterocycles. The summed E-state index contributed by atoms with van der Waals surface area (Å²) in [5, 5.41) is 2.92. The summed E-state index contributed by atoms with van der Waals surface area (Å²) in [7, 11) is 0. The van der Waals surface area contributed by atoms with Crippen LogP contribution in [0.3, 0.4) is 0 Å². The van der Waals surface area contributed by atoms with Crippen LogP contribution in [0.4, 0.5) is 11.5 Å². The Labute approximate surface area is 145 Å². The first-order chi connectivity index (χ1) is 12.3. The molecular weight excluding hydrogens is 314 g/mol. The second-order valence-electron chi connectivity index (χ2n) is 6.07. The van der Waals surface area contributed by atoms with Crippen LogP contribution in [0.25, 0.3) is 11.4 Å². The van der Waals surface area contributed by atoms with Crippen molar-refractivity contribution in [3.63, 3.8) is 0 Å². The van der Waals surface area contributed by atoms with Crippen molar-refractivity contribution >= 4 is 17.4 Å². The van der Waals surface area contributed by atoms with Crippen LogP contribution in [-0.4, -0.2) is 33.9 Å². The largest absolute Gasteiger partial charge is 0.357 e. The number of amides is 1. The van der Waals surface area contributed by atoms with E-state index in [-0.39, 0.29) is 5.91 Å². The molecule has 1 amide bonds. The Hall–Kier alpha value is -3.15. The molecule has 6 heteroatoms.